The number of hydrogen-bond acceptors (Lipinski definition) is 7. The van der Waals surface area contributed by atoms with Crippen LogP contribution in [0, 0.1) is 23.7 Å². The van der Waals surface area contributed by atoms with Crippen molar-refractivity contribution in [3.8, 4) is 5.75 Å². The molecule has 0 radical (unpaired) electrons. The molecule has 3 saturated heterocycles. The second-order valence-electron chi connectivity index (χ2n) is 10.8. The van der Waals surface area contributed by atoms with Crippen LogP contribution in [0.25, 0.3) is 11.0 Å². The second-order valence-corrected chi connectivity index (χ2v) is 10.8. The first kappa shape index (κ1) is 22.1. The number of hydrogen-bond donors (Lipinski definition) is 2. The molecule has 1 amide bonds. The van der Waals surface area contributed by atoms with E-state index in [2.05, 4.69) is 40.8 Å². The highest BCUT2D eigenvalue weighted by Crippen LogP contribution is 2.61. The number of benzene rings is 1. The predicted molar refractivity (Wildman–Crippen MR) is 123 cm³/mol. The third-order valence-corrected chi connectivity index (χ3v) is 8.74. The van der Waals surface area contributed by atoms with Gasteiger partial charge in [0.1, 0.15) is 17.0 Å². The quantitative estimate of drug-likeness (QED) is 0.621. The number of nitrogens with one attached hydrogen (secondary N) is 2. The summed E-state index contributed by atoms with van der Waals surface area (Å²) in [6.45, 7) is 6.70. The monoisotopic (exact) mass is 471 g/mol. The summed E-state index contributed by atoms with van der Waals surface area (Å²) >= 11 is 0. The smallest absolute Gasteiger partial charge is 0.413 e. The summed E-state index contributed by atoms with van der Waals surface area (Å²) in [4.78, 5) is 31.4. The van der Waals surface area contributed by atoms with Gasteiger partial charge in [0.05, 0.1) is 24.2 Å². The number of fused-ring (bicyclic) bond motifs is 3. The van der Waals surface area contributed by atoms with Crippen LogP contribution in [0.4, 0.5) is 10.7 Å². The van der Waals surface area contributed by atoms with E-state index in [1.165, 1.54) is 13.5 Å². The molecule has 5 aliphatic rings. The van der Waals surface area contributed by atoms with Crippen molar-refractivity contribution in [2.45, 2.75) is 76.5 Å². The van der Waals surface area contributed by atoms with E-state index in [0.29, 0.717) is 29.5 Å². The van der Waals surface area contributed by atoms with Gasteiger partial charge in [0, 0.05) is 24.3 Å². The third kappa shape index (κ3) is 3.31. The third-order valence-electron chi connectivity index (χ3n) is 8.74. The van der Waals surface area contributed by atoms with Gasteiger partial charge in [0.15, 0.2) is 0 Å². The number of carbonyl (C=O) groups is 1. The Morgan fingerprint density at radius 1 is 1.21 bits per heavy atom. The van der Waals surface area contributed by atoms with E-state index in [1.807, 2.05) is 18.2 Å². The summed E-state index contributed by atoms with van der Waals surface area (Å²) in [5.74, 6) is 2.50. The van der Waals surface area contributed by atoms with Crippen LogP contribution in [0.3, 0.4) is 0 Å². The van der Waals surface area contributed by atoms with Crippen LogP contribution in [0.5, 0.6) is 5.75 Å². The van der Waals surface area contributed by atoms with Crippen LogP contribution in [-0.4, -0.2) is 46.8 Å². The van der Waals surface area contributed by atoms with Crippen LogP contribution in [0.2, 0.25) is 0 Å². The number of H-pyrrole nitrogens is 1. The largest absolute Gasteiger partial charge is 0.465 e. The molecule has 1 aromatic carbocycles. The van der Waals surface area contributed by atoms with Crippen LogP contribution < -0.4 is 10.1 Å². The zero-order valence-corrected chi connectivity index (χ0v) is 20.1. The van der Waals surface area contributed by atoms with Crippen molar-refractivity contribution in [1.82, 2.24) is 9.97 Å². The van der Waals surface area contributed by atoms with Crippen LogP contribution in [0.1, 0.15) is 52.9 Å². The molecule has 2 saturated carbocycles. The van der Waals surface area contributed by atoms with Crippen LogP contribution in [-0.2, 0) is 19.2 Å². The molecule has 1 spiro atoms. The van der Waals surface area contributed by atoms with E-state index in [9.17, 15) is 4.79 Å². The van der Waals surface area contributed by atoms with E-state index in [-0.39, 0.29) is 23.9 Å². The lowest BCUT2D eigenvalue weighted by molar-refractivity contribution is -0.493. The van der Waals surface area contributed by atoms with Gasteiger partial charge in [0.25, 0.3) is 0 Å². The fourth-order valence-corrected chi connectivity index (χ4v) is 6.96. The molecule has 2 N–H and O–H groups in total. The van der Waals surface area contributed by atoms with Crippen molar-refractivity contribution in [2.24, 2.45) is 23.7 Å². The van der Waals surface area contributed by atoms with Gasteiger partial charge >= 0.3 is 6.09 Å². The number of rotatable bonds is 3. The average molecular weight is 472 g/mol. The molecule has 184 valence electrons. The van der Waals surface area contributed by atoms with Gasteiger partial charge in [-0.15, -0.1) is 0 Å². The van der Waals surface area contributed by atoms with E-state index >= 15 is 0 Å². The minimum absolute atomic E-state index is 0.0561. The molecular formula is C25H33N3O6. The Morgan fingerprint density at radius 2 is 2.06 bits per heavy atom. The van der Waals surface area contributed by atoms with Gasteiger partial charge < -0.3 is 19.2 Å². The Kier molecular flexibility index (Phi) is 5.09. The minimum atomic E-state index is -0.577. The number of ether oxygens (including phenoxy) is 3. The fraction of sp³-hybridized carbons (Fsp3) is 0.680. The molecule has 1 aromatic heterocycles. The highest BCUT2D eigenvalue weighted by Gasteiger charge is 2.68. The van der Waals surface area contributed by atoms with E-state index in [4.69, 9.17) is 19.2 Å². The van der Waals surface area contributed by atoms with Gasteiger partial charge in [-0.25, -0.2) is 19.6 Å². The highest BCUT2D eigenvalue weighted by molar-refractivity contribution is 5.86. The normalized spacial score (nSPS) is 40.9. The summed E-state index contributed by atoms with van der Waals surface area (Å²) in [7, 11) is 1.31. The molecule has 5 fully saturated rings. The molecular weight excluding hydrogens is 438 g/mol. The molecule has 2 bridgehead atoms. The number of anilines is 1. The van der Waals surface area contributed by atoms with Gasteiger partial charge in [0.2, 0.25) is 12.2 Å². The summed E-state index contributed by atoms with van der Waals surface area (Å²) < 4.78 is 17.8. The summed E-state index contributed by atoms with van der Waals surface area (Å²) in [5.41, 5.74) is 0.766. The average Bonchev–Trinajstić information content (AvgIpc) is 3.07. The van der Waals surface area contributed by atoms with E-state index < -0.39 is 11.7 Å². The number of nitrogens with zero attached hydrogens (tertiary/aromatic N) is 1. The maximum Gasteiger partial charge on any atom is 0.413 e. The zero-order chi connectivity index (χ0) is 23.7. The SMILES string of the molecule is COC(=O)Nc1nc2ccc(OC3O[C@@H]4C[C@]5(C)CC[C@H]6[C@H](C)CCC([C@H]3C)[C@@]46OO5)cc2[nH]1. The molecule has 2 unspecified atom stereocenters. The summed E-state index contributed by atoms with van der Waals surface area (Å²) in [6.07, 6.45) is 4.19. The Labute approximate surface area is 198 Å². The number of methoxy groups -OCH3 is 1. The minimum Gasteiger partial charge on any atom is -0.465 e. The highest BCUT2D eigenvalue weighted by atomic mass is 17.2. The van der Waals surface area contributed by atoms with Gasteiger partial charge in [-0.3, -0.25) is 5.32 Å². The molecule has 2 aromatic rings. The lowest BCUT2D eigenvalue weighted by Crippen LogP contribution is -2.70. The van der Waals surface area contributed by atoms with Gasteiger partial charge in [-0.05, 0) is 56.6 Å². The molecule has 3 aliphatic heterocycles. The Balaban J connectivity index is 1.27. The lowest BCUT2D eigenvalue weighted by atomic mass is 9.56. The van der Waals surface area contributed by atoms with Crippen molar-refractivity contribution < 1.29 is 28.8 Å². The van der Waals surface area contributed by atoms with Crippen molar-refractivity contribution in [3.63, 3.8) is 0 Å². The van der Waals surface area contributed by atoms with Crippen molar-refractivity contribution in [1.29, 1.82) is 0 Å². The first-order valence-corrected chi connectivity index (χ1v) is 12.3. The van der Waals surface area contributed by atoms with Gasteiger partial charge in [-0.2, -0.15) is 0 Å². The molecule has 4 heterocycles. The Hall–Kier alpha value is -2.36. The number of carbonyl (C=O) groups excluding carboxylic acids is 1. The summed E-state index contributed by atoms with van der Waals surface area (Å²) in [6, 6.07) is 5.64. The fourth-order valence-electron chi connectivity index (χ4n) is 6.96. The topological polar surface area (TPSA) is 104 Å². The first-order chi connectivity index (χ1) is 16.3. The number of aromatic nitrogens is 2. The molecule has 9 nitrogen and oxygen atoms in total. The lowest BCUT2D eigenvalue weighted by Gasteiger charge is -2.60. The van der Waals surface area contributed by atoms with Crippen LogP contribution in [0.15, 0.2) is 18.2 Å². The Bertz CT molecular complexity index is 1110. The number of amides is 1. The number of aromatic amines is 1. The molecule has 2 aliphatic carbocycles. The molecule has 8 atom stereocenters. The number of imidazole rings is 1. The molecule has 7 rings (SSSR count). The summed E-state index contributed by atoms with van der Waals surface area (Å²) in [5, 5.41) is 2.55. The predicted octanol–water partition coefficient (Wildman–Crippen LogP) is 4.79. The Morgan fingerprint density at radius 3 is 2.88 bits per heavy atom. The van der Waals surface area contributed by atoms with E-state index in [1.54, 1.807) is 0 Å². The second kappa shape index (κ2) is 7.83. The van der Waals surface area contributed by atoms with Crippen molar-refractivity contribution in [2.75, 3.05) is 12.4 Å². The van der Waals surface area contributed by atoms with Crippen LogP contribution >= 0.6 is 0 Å². The maximum absolute atomic E-state index is 11.5. The van der Waals surface area contributed by atoms with Gasteiger partial charge in [-0.1, -0.05) is 13.8 Å². The molecule has 9 heteroatoms. The first-order valence-electron chi connectivity index (χ1n) is 12.3. The standard InChI is InChI=1S/C25H33N3O6/c1-13-5-7-17-14(2)21(32-20-12-24(3)10-9-16(13)25(17,20)34-33-24)31-15-6-8-18-19(11-15)27-22(26-18)28-23(29)30-4/h6,8,11,13-14,16-17,20-21H,5,7,9-10,12H2,1-4H3,(H2,26,27,28,29)/t13-,14-,16+,17?,20-,21?,24+,25-/m1/s1. The molecule has 34 heavy (non-hydrogen) atoms. The maximum atomic E-state index is 11.5. The van der Waals surface area contributed by atoms with Crippen molar-refractivity contribution in [3.05, 3.63) is 18.2 Å². The zero-order valence-electron chi connectivity index (χ0n) is 20.1. The van der Waals surface area contributed by atoms with Crippen molar-refractivity contribution >= 4 is 23.1 Å². The van der Waals surface area contributed by atoms with E-state index in [0.717, 1.165) is 36.7 Å².